The zero-order valence-corrected chi connectivity index (χ0v) is 34.5. The molecule has 0 aliphatic heterocycles. The number of benzene rings is 6. The summed E-state index contributed by atoms with van der Waals surface area (Å²) >= 11 is 0. The van der Waals surface area contributed by atoms with Gasteiger partial charge in [0.1, 0.15) is 11.6 Å². The SMILES string of the molecule is [2H]c1nc(-c2[c-]c(-c3cccc4c3nc(-c3cc(C)cc(C)c3O)n4-c3ccc(C([2H])([2H])[2H])cc3-c3ccccc3)cc(C(C)(C)C)c2)c([2H])c(-c2c([2H])c([2H])c(C(C([2H])([2H])[2H])(C([2H])([2H])[2H])C([2H])([2H])[2H])c([2H])c2[2H])c1[2H].[Pt]. The molecule has 0 fully saturated rings. The van der Waals surface area contributed by atoms with E-state index in [0.29, 0.717) is 61.5 Å². The average Bonchev–Trinajstić information content (AvgIpc) is 3.71. The summed E-state index contributed by atoms with van der Waals surface area (Å²) in [5, 5.41) is 11.8. The number of hydrogen-bond acceptors (Lipinski definition) is 3. The third kappa shape index (κ3) is 7.83. The van der Waals surface area contributed by atoms with Gasteiger partial charge in [0.2, 0.25) is 0 Å². The monoisotopic (exact) mass is 958 g/mol. The Kier molecular flexibility index (Phi) is 6.24. The number of phenolic OH excluding ortho intramolecular Hbond substituents is 1. The first kappa shape index (κ1) is 23.1. The first-order valence-electron chi connectivity index (χ1n) is 27.7. The third-order valence-electron chi connectivity index (χ3n) is 9.82. The molecule has 58 heavy (non-hydrogen) atoms. The zero-order valence-electron chi connectivity index (χ0n) is 51.3. The molecule has 8 aromatic rings. The summed E-state index contributed by atoms with van der Waals surface area (Å²) in [5.74, 6) is 0.270. The Morgan fingerprint density at radius 2 is 1.43 bits per heavy atom. The molecular weight excluding hydrogens is 890 g/mol. The maximum Gasteiger partial charge on any atom is 0.148 e. The van der Waals surface area contributed by atoms with Gasteiger partial charge in [0.05, 0.1) is 31.9 Å². The van der Waals surface area contributed by atoms with E-state index in [9.17, 15) is 6.48 Å². The average molecular weight is 959 g/mol. The van der Waals surface area contributed by atoms with Crippen molar-refractivity contribution in [3.8, 4) is 67.5 Å². The number of fused-ring (bicyclic) bond motifs is 1. The minimum absolute atomic E-state index is 0. The van der Waals surface area contributed by atoms with Crippen molar-refractivity contribution in [1.29, 1.82) is 0 Å². The maximum absolute atomic E-state index is 11.8. The molecule has 294 valence electrons. The number of nitrogens with zero attached hydrogens (tertiary/aromatic N) is 3. The minimum Gasteiger partial charge on any atom is -0.507 e. The second kappa shape index (κ2) is 15.6. The van der Waals surface area contributed by atoms with Gasteiger partial charge in [0.15, 0.2) is 0 Å². The van der Waals surface area contributed by atoms with E-state index in [2.05, 4.69) is 11.1 Å². The summed E-state index contributed by atoms with van der Waals surface area (Å²) in [6, 6.07) is 23.5. The summed E-state index contributed by atoms with van der Waals surface area (Å²) in [6.45, 7) is -4.85. The number of imidazole rings is 1. The summed E-state index contributed by atoms with van der Waals surface area (Å²) in [5.41, 5.74) is -1.51. The molecule has 0 unspecified atom stereocenters. The Morgan fingerprint density at radius 3 is 2.16 bits per heavy atom. The number of aromatic hydroxyl groups is 1. The fourth-order valence-corrected chi connectivity index (χ4v) is 6.92. The van der Waals surface area contributed by atoms with Gasteiger partial charge in [-0.3, -0.25) is 9.55 Å². The molecule has 0 bridgehead atoms. The standard InChI is InChI=1S/C53H50N3O.Pt/c1-33-18-23-47(44(27-33)37-14-11-10-12-15-37)56-48-17-13-16-43(49(48)55-51(56)45-28-34(2)26-35(3)50(45)57)39-29-40(31-42(30-39)53(7,8)9)46-32-38(24-25-54-46)36-19-21-41(22-20-36)52(4,5)6;/h10-28,30-32,57H,1-9H3;/q-1;/i1D3,4D3,5D3,6D3,19D,20D,21D,22D,24D,25D,32D;. The molecule has 5 heteroatoms. The largest absolute Gasteiger partial charge is 0.507 e. The molecule has 0 atom stereocenters. The van der Waals surface area contributed by atoms with E-state index in [1.807, 2.05) is 80.8 Å². The molecule has 8 rings (SSSR count). The van der Waals surface area contributed by atoms with Gasteiger partial charge in [-0.05, 0) is 95.2 Å². The molecule has 1 N–H and O–H groups in total. The van der Waals surface area contributed by atoms with Crippen LogP contribution in [0.4, 0.5) is 0 Å². The summed E-state index contributed by atoms with van der Waals surface area (Å²) < 4.78 is 164. The molecule has 0 radical (unpaired) electrons. The summed E-state index contributed by atoms with van der Waals surface area (Å²) in [6.07, 6.45) is -0.780. The molecule has 2 heterocycles. The predicted molar refractivity (Wildman–Crippen MR) is 238 cm³/mol. The van der Waals surface area contributed by atoms with Crippen LogP contribution in [0.25, 0.3) is 72.7 Å². The summed E-state index contributed by atoms with van der Waals surface area (Å²) in [7, 11) is 0. The van der Waals surface area contributed by atoms with Crippen LogP contribution in [0.1, 0.15) is 95.2 Å². The first-order chi connectivity index (χ1) is 35.0. The molecule has 0 aliphatic carbocycles. The van der Waals surface area contributed by atoms with Crippen molar-refractivity contribution in [3.63, 3.8) is 0 Å². The van der Waals surface area contributed by atoms with E-state index in [-0.39, 0.29) is 43.6 Å². The van der Waals surface area contributed by atoms with E-state index in [0.717, 1.165) is 5.56 Å². The van der Waals surface area contributed by atoms with Crippen molar-refractivity contribution in [3.05, 3.63) is 167 Å². The Labute approximate surface area is 384 Å². The molecule has 0 saturated heterocycles. The number of hydrogen-bond donors (Lipinski definition) is 1. The van der Waals surface area contributed by atoms with Crippen molar-refractivity contribution in [1.82, 2.24) is 14.5 Å². The van der Waals surface area contributed by atoms with Crippen LogP contribution in [0.3, 0.4) is 0 Å². The van der Waals surface area contributed by atoms with Crippen LogP contribution < -0.4 is 0 Å². The van der Waals surface area contributed by atoms with Crippen LogP contribution in [0, 0.1) is 26.8 Å². The summed E-state index contributed by atoms with van der Waals surface area (Å²) in [4.78, 5) is 9.59. The Hall–Kier alpha value is -5.57. The van der Waals surface area contributed by atoms with E-state index >= 15 is 0 Å². The van der Waals surface area contributed by atoms with Gasteiger partial charge >= 0.3 is 0 Å². The quantitative estimate of drug-likeness (QED) is 0.169. The van der Waals surface area contributed by atoms with Crippen LogP contribution in [0.5, 0.6) is 5.75 Å². The van der Waals surface area contributed by atoms with E-state index < -0.39 is 97.4 Å². The Balaban J connectivity index is 0.00000861. The fraction of sp³-hybridized carbons (Fsp3) is 0.208. The van der Waals surface area contributed by atoms with Gasteiger partial charge < -0.3 is 5.11 Å². The fourth-order valence-electron chi connectivity index (χ4n) is 6.92. The smallest absolute Gasteiger partial charge is 0.148 e. The van der Waals surface area contributed by atoms with Crippen molar-refractivity contribution in [2.75, 3.05) is 0 Å². The van der Waals surface area contributed by atoms with Crippen molar-refractivity contribution in [2.24, 2.45) is 0 Å². The van der Waals surface area contributed by atoms with Crippen LogP contribution in [-0.2, 0) is 31.9 Å². The van der Waals surface area contributed by atoms with Crippen molar-refractivity contribution >= 4 is 11.0 Å². The third-order valence-corrected chi connectivity index (χ3v) is 9.82. The minimum atomic E-state index is -3.94. The second-order valence-electron chi connectivity index (χ2n) is 15.2. The van der Waals surface area contributed by atoms with Crippen LogP contribution in [-0.4, -0.2) is 19.6 Å². The van der Waals surface area contributed by atoms with E-state index in [1.54, 1.807) is 43.3 Å². The van der Waals surface area contributed by atoms with Gasteiger partial charge in [-0.1, -0.05) is 143 Å². The van der Waals surface area contributed by atoms with Gasteiger partial charge in [-0.2, -0.15) is 0 Å². The number of rotatable bonds is 6. The number of aromatic nitrogens is 3. The molecule has 0 spiro atoms. The number of aryl methyl sites for hydroxylation is 3. The molecule has 0 saturated carbocycles. The number of para-hydroxylation sites is 1. The van der Waals surface area contributed by atoms with Crippen molar-refractivity contribution in [2.45, 2.75) is 72.9 Å². The molecule has 0 amide bonds. The Bertz CT molecular complexity index is 3580. The second-order valence-corrected chi connectivity index (χ2v) is 15.2. The molecule has 0 aliphatic rings. The topological polar surface area (TPSA) is 50.9 Å². The first-order valence-corrected chi connectivity index (χ1v) is 18.2. The predicted octanol–water partition coefficient (Wildman–Crippen LogP) is 13.8. The van der Waals surface area contributed by atoms with E-state index in [1.165, 1.54) is 6.07 Å². The molecular formula is C53H50N3OPt-. The number of phenols is 1. The molecule has 6 aromatic carbocycles. The van der Waals surface area contributed by atoms with Gasteiger partial charge in [0, 0.05) is 54.9 Å². The maximum atomic E-state index is 11.8. The van der Waals surface area contributed by atoms with Gasteiger partial charge in [0.25, 0.3) is 0 Å². The Morgan fingerprint density at radius 1 is 0.690 bits per heavy atom. The van der Waals surface area contributed by atoms with Crippen LogP contribution in [0.2, 0.25) is 0 Å². The van der Waals surface area contributed by atoms with Crippen LogP contribution >= 0.6 is 0 Å². The molecule has 2 aromatic heterocycles. The van der Waals surface area contributed by atoms with Crippen molar-refractivity contribution < 1.29 is 52.2 Å². The van der Waals surface area contributed by atoms with E-state index in [4.69, 9.17) is 29.7 Å². The van der Waals surface area contributed by atoms with Crippen LogP contribution in [0.15, 0.2) is 133 Å². The zero-order chi connectivity index (χ0) is 56.3. The van der Waals surface area contributed by atoms with Gasteiger partial charge in [-0.15, -0.1) is 29.3 Å². The van der Waals surface area contributed by atoms with Gasteiger partial charge in [-0.25, -0.2) is 4.98 Å². The normalized spacial score (nSPS) is 17.4. The number of pyridine rings is 1. The molecule has 4 nitrogen and oxygen atoms in total.